The topological polar surface area (TPSA) is 13.1 Å². The molecule has 10 rings (SSSR count). The predicted octanol–water partition coefficient (Wildman–Crippen LogP) is 15.4. The molecule has 0 fully saturated rings. The molecule has 1 aliphatic rings. The van der Waals surface area contributed by atoms with Gasteiger partial charge in [0, 0.05) is 16.2 Å². The average molecular weight is 717 g/mol. The van der Waals surface area contributed by atoms with E-state index in [9.17, 15) is 0 Å². The smallest absolute Gasteiger partial charge is 0.136 e. The minimum atomic E-state index is -0.183. The molecule has 0 bridgehead atoms. The standard InChI is InChI=1S/C55H40O/c1-6-35(32-36(7-2)37-17-9-8-10-18-37)31-34(3)51-39-19-11-13-21-41(39)52(42-22-14-12-20-40(42)51)38-25-29-48-47(33-38)45-27-26-43-44(54(45)55(48,4)5)28-30-50-53(43)46-23-15-16-24-49(46)56-50/h6-33H,1-3H2,4-5H3/b35-31+,36-32+. The molecule has 1 aliphatic carbocycles. The van der Waals surface area contributed by atoms with Crippen molar-refractivity contribution in [2.75, 3.05) is 0 Å². The van der Waals surface area contributed by atoms with E-state index in [1.165, 1.54) is 71.1 Å². The lowest BCUT2D eigenvalue weighted by molar-refractivity contribution is 0.665. The number of benzene rings is 8. The van der Waals surface area contributed by atoms with Gasteiger partial charge in [-0.2, -0.15) is 0 Å². The minimum Gasteiger partial charge on any atom is -0.456 e. The lowest BCUT2D eigenvalue weighted by Crippen LogP contribution is -2.15. The maximum Gasteiger partial charge on any atom is 0.136 e. The summed E-state index contributed by atoms with van der Waals surface area (Å²) < 4.78 is 6.29. The zero-order chi connectivity index (χ0) is 38.1. The second-order valence-electron chi connectivity index (χ2n) is 15.4. The van der Waals surface area contributed by atoms with Gasteiger partial charge in [0.15, 0.2) is 0 Å². The van der Waals surface area contributed by atoms with E-state index in [-0.39, 0.29) is 5.41 Å². The Morgan fingerprint density at radius 2 is 1.20 bits per heavy atom. The molecule has 0 radical (unpaired) electrons. The van der Waals surface area contributed by atoms with E-state index in [0.29, 0.717) is 0 Å². The van der Waals surface area contributed by atoms with E-state index >= 15 is 0 Å². The summed E-state index contributed by atoms with van der Waals surface area (Å²) in [4.78, 5) is 0. The van der Waals surface area contributed by atoms with Crippen LogP contribution in [0.4, 0.5) is 0 Å². The third-order valence-corrected chi connectivity index (χ3v) is 11.9. The van der Waals surface area contributed by atoms with Gasteiger partial charge < -0.3 is 4.42 Å². The van der Waals surface area contributed by atoms with E-state index in [1.54, 1.807) is 0 Å². The fourth-order valence-corrected chi connectivity index (χ4v) is 9.42. The summed E-state index contributed by atoms with van der Waals surface area (Å²) in [6, 6.07) is 52.4. The Balaban J connectivity index is 1.15. The van der Waals surface area contributed by atoms with Crippen molar-refractivity contribution in [3.63, 3.8) is 0 Å². The van der Waals surface area contributed by atoms with Crippen LogP contribution in [-0.2, 0) is 5.41 Å². The highest BCUT2D eigenvalue weighted by molar-refractivity contribution is 6.22. The number of furan rings is 1. The number of fused-ring (bicyclic) bond motifs is 11. The zero-order valence-electron chi connectivity index (χ0n) is 31.7. The van der Waals surface area contributed by atoms with Gasteiger partial charge >= 0.3 is 0 Å². The summed E-state index contributed by atoms with van der Waals surface area (Å²) in [6.45, 7) is 17.7. The largest absolute Gasteiger partial charge is 0.456 e. The van der Waals surface area contributed by atoms with E-state index in [0.717, 1.165) is 44.4 Å². The minimum absolute atomic E-state index is 0.183. The van der Waals surface area contributed by atoms with Gasteiger partial charge in [-0.3, -0.25) is 0 Å². The fourth-order valence-electron chi connectivity index (χ4n) is 9.42. The van der Waals surface area contributed by atoms with Gasteiger partial charge in [0.2, 0.25) is 0 Å². The van der Waals surface area contributed by atoms with Crippen molar-refractivity contribution in [2.45, 2.75) is 19.3 Å². The fraction of sp³-hybridized carbons (Fsp3) is 0.0545. The van der Waals surface area contributed by atoms with E-state index < -0.39 is 0 Å². The summed E-state index contributed by atoms with van der Waals surface area (Å²) in [7, 11) is 0. The molecule has 0 amide bonds. The number of hydrogen-bond acceptors (Lipinski definition) is 1. The summed E-state index contributed by atoms with van der Waals surface area (Å²) in [6.07, 6.45) is 8.07. The van der Waals surface area contributed by atoms with Crippen LogP contribution < -0.4 is 0 Å². The molecule has 0 saturated carbocycles. The van der Waals surface area contributed by atoms with Crippen molar-refractivity contribution in [3.05, 3.63) is 217 Å². The van der Waals surface area contributed by atoms with E-state index in [2.05, 4.69) is 167 Å². The van der Waals surface area contributed by atoms with E-state index in [4.69, 9.17) is 4.42 Å². The molecule has 1 aromatic heterocycles. The summed E-state index contributed by atoms with van der Waals surface area (Å²) in [5.41, 5.74) is 14.6. The number of allylic oxidation sites excluding steroid dienone is 7. The highest BCUT2D eigenvalue weighted by atomic mass is 16.3. The highest BCUT2D eigenvalue weighted by Gasteiger charge is 2.37. The molecule has 56 heavy (non-hydrogen) atoms. The molecule has 8 aromatic carbocycles. The van der Waals surface area contributed by atoms with E-state index in [1.807, 2.05) is 36.4 Å². The van der Waals surface area contributed by atoms with Crippen LogP contribution in [0.3, 0.4) is 0 Å². The predicted molar refractivity (Wildman–Crippen MR) is 241 cm³/mol. The van der Waals surface area contributed by atoms with Gasteiger partial charge in [-0.05, 0) is 124 Å². The molecule has 0 spiro atoms. The molecule has 9 aromatic rings. The first-order valence-electron chi connectivity index (χ1n) is 19.3. The maximum atomic E-state index is 6.29. The number of hydrogen-bond donors (Lipinski definition) is 0. The van der Waals surface area contributed by atoms with Crippen LogP contribution in [0.25, 0.3) is 87.7 Å². The van der Waals surface area contributed by atoms with Gasteiger partial charge in [-0.15, -0.1) is 0 Å². The molecule has 266 valence electrons. The Hall–Kier alpha value is -6.96. The lowest BCUT2D eigenvalue weighted by Gasteiger charge is -2.23. The molecule has 1 nitrogen and oxygen atoms in total. The Morgan fingerprint density at radius 3 is 1.89 bits per heavy atom. The molecule has 1 heteroatoms. The summed E-state index contributed by atoms with van der Waals surface area (Å²) in [5.74, 6) is 0. The molecule has 0 aliphatic heterocycles. The lowest BCUT2D eigenvalue weighted by atomic mass is 9.79. The Morgan fingerprint density at radius 1 is 0.554 bits per heavy atom. The highest BCUT2D eigenvalue weighted by Crippen LogP contribution is 2.54. The van der Waals surface area contributed by atoms with Crippen molar-refractivity contribution in [1.29, 1.82) is 0 Å². The second-order valence-corrected chi connectivity index (χ2v) is 15.4. The summed E-state index contributed by atoms with van der Waals surface area (Å²) >= 11 is 0. The van der Waals surface area contributed by atoms with Crippen LogP contribution in [0.2, 0.25) is 0 Å². The van der Waals surface area contributed by atoms with Gasteiger partial charge in [0.1, 0.15) is 11.2 Å². The monoisotopic (exact) mass is 716 g/mol. The second kappa shape index (κ2) is 12.8. The molecule has 0 unspecified atom stereocenters. The first-order valence-corrected chi connectivity index (χ1v) is 19.3. The SMILES string of the molecule is C=CC(=C\C(=C)c1c2ccccc2c(-c2ccc3c(c2)-c2ccc4c(ccc5oc6ccccc6c54)c2C3(C)C)c2ccccc12)/C=C(\C=C)c1ccccc1. The van der Waals surface area contributed by atoms with Crippen LogP contribution >= 0.6 is 0 Å². The zero-order valence-corrected chi connectivity index (χ0v) is 31.7. The van der Waals surface area contributed by atoms with Crippen LogP contribution in [0.5, 0.6) is 0 Å². The molecule has 0 N–H and O–H groups in total. The Labute approximate surface area is 327 Å². The first kappa shape index (κ1) is 33.6. The number of para-hydroxylation sites is 1. The Bertz CT molecular complexity index is 3140. The van der Waals surface area contributed by atoms with Gasteiger partial charge in [0.05, 0.1) is 0 Å². The van der Waals surface area contributed by atoms with Gasteiger partial charge in [-0.25, -0.2) is 0 Å². The van der Waals surface area contributed by atoms with Crippen LogP contribution in [0, 0.1) is 0 Å². The van der Waals surface area contributed by atoms with Crippen LogP contribution in [0.1, 0.15) is 36.1 Å². The molecular formula is C55H40O. The third kappa shape index (κ3) is 5.01. The summed E-state index contributed by atoms with van der Waals surface area (Å²) in [5, 5.41) is 9.63. The maximum absolute atomic E-state index is 6.29. The van der Waals surface area contributed by atoms with Crippen LogP contribution in [0.15, 0.2) is 200 Å². The van der Waals surface area contributed by atoms with Gasteiger partial charge in [0.25, 0.3) is 0 Å². The Kier molecular flexibility index (Phi) is 7.69. The molecule has 1 heterocycles. The van der Waals surface area contributed by atoms with Crippen molar-refractivity contribution in [3.8, 4) is 22.3 Å². The number of rotatable bonds is 7. The average Bonchev–Trinajstić information content (AvgIpc) is 3.73. The third-order valence-electron chi connectivity index (χ3n) is 11.9. The van der Waals surface area contributed by atoms with Crippen molar-refractivity contribution >= 4 is 65.4 Å². The van der Waals surface area contributed by atoms with Crippen molar-refractivity contribution in [1.82, 2.24) is 0 Å². The normalized spacial score (nSPS) is 13.8. The van der Waals surface area contributed by atoms with Gasteiger partial charge in [-0.1, -0.05) is 173 Å². The molecule has 0 atom stereocenters. The van der Waals surface area contributed by atoms with Crippen molar-refractivity contribution in [2.24, 2.45) is 0 Å². The first-order chi connectivity index (χ1) is 27.4. The molecule has 0 saturated heterocycles. The van der Waals surface area contributed by atoms with Crippen molar-refractivity contribution < 1.29 is 4.42 Å². The van der Waals surface area contributed by atoms with Crippen LogP contribution in [-0.4, -0.2) is 0 Å². The molecular weight excluding hydrogens is 677 g/mol. The quantitative estimate of drug-likeness (QED) is 0.118.